The summed E-state index contributed by atoms with van der Waals surface area (Å²) < 4.78 is 0. The summed E-state index contributed by atoms with van der Waals surface area (Å²) in [6.07, 6.45) is 1.77. The van der Waals surface area contributed by atoms with Gasteiger partial charge in [0.1, 0.15) is 0 Å². The number of thiophene rings is 1. The number of hydrogen-bond donors (Lipinski definition) is 1. The van der Waals surface area contributed by atoms with Crippen LogP contribution in [-0.4, -0.2) is 34.4 Å². The van der Waals surface area contributed by atoms with Crippen molar-refractivity contribution in [1.29, 1.82) is 0 Å². The quantitative estimate of drug-likeness (QED) is 0.751. The molecule has 19 heavy (non-hydrogen) atoms. The van der Waals surface area contributed by atoms with E-state index in [1.807, 2.05) is 36.3 Å². The summed E-state index contributed by atoms with van der Waals surface area (Å²) in [5.41, 5.74) is 5.67. The van der Waals surface area contributed by atoms with Crippen LogP contribution in [0.15, 0.2) is 30.2 Å². The Morgan fingerprint density at radius 3 is 2.89 bits per heavy atom. The molecule has 1 aromatic rings. The van der Waals surface area contributed by atoms with Crippen LogP contribution in [-0.2, 0) is 11.3 Å². The minimum Gasteiger partial charge on any atom is -0.333 e. The molecule has 1 rings (SSSR count). The Morgan fingerprint density at radius 1 is 1.63 bits per heavy atom. The Bertz CT molecular complexity index is 396. The number of hydrogen-bond acceptors (Lipinski definition) is 4. The lowest BCUT2D eigenvalue weighted by Crippen LogP contribution is -2.36. The largest absolute Gasteiger partial charge is 0.333 e. The van der Waals surface area contributed by atoms with E-state index in [-0.39, 0.29) is 11.4 Å². The van der Waals surface area contributed by atoms with E-state index >= 15 is 0 Å². The van der Waals surface area contributed by atoms with Gasteiger partial charge in [0.2, 0.25) is 5.91 Å². The first-order chi connectivity index (χ1) is 8.92. The molecule has 0 aliphatic carbocycles. The summed E-state index contributed by atoms with van der Waals surface area (Å²) in [5, 5.41) is 2.03. The van der Waals surface area contributed by atoms with Gasteiger partial charge in [-0.15, -0.1) is 17.9 Å². The molecule has 0 aromatic carbocycles. The van der Waals surface area contributed by atoms with Crippen LogP contribution in [0.25, 0.3) is 0 Å². The number of amides is 1. The van der Waals surface area contributed by atoms with Crippen molar-refractivity contribution in [3.63, 3.8) is 0 Å². The molecule has 2 N–H and O–H groups in total. The smallest absolute Gasteiger partial charge is 0.233 e. The summed E-state index contributed by atoms with van der Waals surface area (Å²) in [5.74, 6) is 1.39. The number of carbonyl (C=O) groups excluding carboxylic acids is 1. The summed E-state index contributed by atoms with van der Waals surface area (Å²) >= 11 is 3.26. The number of nitrogens with two attached hydrogens (primary N) is 1. The molecular formula is C14H22N2OS2. The number of nitrogens with zero attached hydrogens (tertiary/aromatic N) is 1. The molecular weight excluding hydrogens is 276 g/mol. The fraction of sp³-hybridized carbons (Fsp3) is 0.500. The molecule has 0 atom stereocenters. The van der Waals surface area contributed by atoms with Crippen molar-refractivity contribution in [3.8, 4) is 0 Å². The third-order valence-electron chi connectivity index (χ3n) is 2.33. The van der Waals surface area contributed by atoms with Crippen molar-refractivity contribution in [1.82, 2.24) is 4.90 Å². The van der Waals surface area contributed by atoms with Crippen LogP contribution in [0.5, 0.6) is 0 Å². The van der Waals surface area contributed by atoms with Gasteiger partial charge < -0.3 is 10.6 Å². The first-order valence-corrected chi connectivity index (χ1v) is 8.23. The van der Waals surface area contributed by atoms with Crippen molar-refractivity contribution in [3.05, 3.63) is 35.0 Å². The lowest BCUT2D eigenvalue weighted by Gasteiger charge is -2.22. The zero-order chi connectivity index (χ0) is 14.3. The maximum atomic E-state index is 12.2. The SMILES string of the molecule is C=CCN(Cc1cccs1)C(=O)CSCC(C)(C)N. The molecule has 0 saturated heterocycles. The van der Waals surface area contributed by atoms with Gasteiger partial charge in [0.05, 0.1) is 12.3 Å². The van der Waals surface area contributed by atoms with E-state index in [1.165, 1.54) is 4.88 Å². The molecule has 0 radical (unpaired) electrons. The average Bonchev–Trinajstić information content (AvgIpc) is 2.79. The van der Waals surface area contributed by atoms with Crippen molar-refractivity contribution in [2.75, 3.05) is 18.1 Å². The van der Waals surface area contributed by atoms with Gasteiger partial charge in [-0.25, -0.2) is 0 Å². The van der Waals surface area contributed by atoms with Crippen molar-refractivity contribution < 1.29 is 4.79 Å². The highest BCUT2D eigenvalue weighted by molar-refractivity contribution is 8.00. The second-order valence-corrected chi connectivity index (χ2v) is 7.14. The molecule has 0 bridgehead atoms. The van der Waals surface area contributed by atoms with Crippen LogP contribution in [0.1, 0.15) is 18.7 Å². The molecule has 3 nitrogen and oxygen atoms in total. The van der Waals surface area contributed by atoms with Crippen LogP contribution < -0.4 is 5.73 Å². The van der Waals surface area contributed by atoms with E-state index < -0.39 is 0 Å². The van der Waals surface area contributed by atoms with Gasteiger partial charge in [-0.3, -0.25) is 4.79 Å². The van der Waals surface area contributed by atoms with E-state index in [2.05, 4.69) is 6.58 Å². The molecule has 1 aromatic heterocycles. The standard InChI is InChI=1S/C14H22N2OS2/c1-4-7-16(9-12-6-5-8-19-12)13(17)10-18-11-14(2,3)15/h4-6,8H,1,7,9-11,15H2,2-3H3. The molecule has 1 amide bonds. The molecule has 0 spiro atoms. The molecule has 0 aliphatic heterocycles. The van der Waals surface area contributed by atoms with Crippen molar-refractivity contribution >= 4 is 29.0 Å². The molecule has 0 unspecified atom stereocenters. The topological polar surface area (TPSA) is 46.3 Å². The lowest BCUT2D eigenvalue weighted by atomic mass is 10.1. The minimum absolute atomic E-state index is 0.141. The van der Waals surface area contributed by atoms with Crippen LogP contribution >= 0.6 is 23.1 Å². The van der Waals surface area contributed by atoms with Gasteiger partial charge in [0, 0.05) is 22.7 Å². The van der Waals surface area contributed by atoms with Gasteiger partial charge in [-0.2, -0.15) is 11.8 Å². The first-order valence-electron chi connectivity index (χ1n) is 6.20. The van der Waals surface area contributed by atoms with Crippen molar-refractivity contribution in [2.24, 2.45) is 5.73 Å². The lowest BCUT2D eigenvalue weighted by molar-refractivity contribution is -0.128. The van der Waals surface area contributed by atoms with E-state index in [0.29, 0.717) is 18.8 Å². The Kier molecular flexibility index (Phi) is 6.62. The van der Waals surface area contributed by atoms with Gasteiger partial charge in [0.25, 0.3) is 0 Å². The Labute approximate surface area is 123 Å². The van der Waals surface area contributed by atoms with Gasteiger partial charge in [-0.1, -0.05) is 12.1 Å². The zero-order valence-electron chi connectivity index (χ0n) is 11.6. The van der Waals surface area contributed by atoms with Gasteiger partial charge in [0.15, 0.2) is 0 Å². The molecule has 0 fully saturated rings. The molecule has 0 aliphatic rings. The monoisotopic (exact) mass is 298 g/mol. The Hall–Kier alpha value is -0.780. The van der Waals surface area contributed by atoms with E-state index in [9.17, 15) is 4.79 Å². The summed E-state index contributed by atoms with van der Waals surface area (Å²) in [7, 11) is 0. The molecule has 0 saturated carbocycles. The summed E-state index contributed by atoms with van der Waals surface area (Å²) in [6, 6.07) is 4.05. The summed E-state index contributed by atoms with van der Waals surface area (Å²) in [6.45, 7) is 8.90. The third-order valence-corrected chi connectivity index (χ3v) is 4.59. The Balaban J connectivity index is 2.46. The predicted molar refractivity (Wildman–Crippen MR) is 85.5 cm³/mol. The third kappa shape index (κ3) is 6.80. The van der Waals surface area contributed by atoms with Gasteiger partial charge >= 0.3 is 0 Å². The average molecular weight is 298 g/mol. The van der Waals surface area contributed by atoms with E-state index in [1.54, 1.807) is 29.2 Å². The number of carbonyl (C=O) groups is 1. The highest BCUT2D eigenvalue weighted by atomic mass is 32.2. The minimum atomic E-state index is -0.234. The number of thioether (sulfide) groups is 1. The first kappa shape index (κ1) is 16.3. The maximum Gasteiger partial charge on any atom is 0.233 e. The maximum absolute atomic E-state index is 12.2. The fourth-order valence-corrected chi connectivity index (χ4v) is 3.20. The van der Waals surface area contributed by atoms with E-state index in [0.717, 1.165) is 5.75 Å². The van der Waals surface area contributed by atoms with E-state index in [4.69, 9.17) is 5.73 Å². The zero-order valence-corrected chi connectivity index (χ0v) is 13.2. The van der Waals surface area contributed by atoms with Crippen LogP contribution in [0.3, 0.4) is 0 Å². The van der Waals surface area contributed by atoms with Crippen LogP contribution in [0.2, 0.25) is 0 Å². The van der Waals surface area contributed by atoms with Crippen LogP contribution in [0, 0.1) is 0 Å². The molecule has 5 heteroatoms. The second kappa shape index (κ2) is 7.72. The normalized spacial score (nSPS) is 11.3. The Morgan fingerprint density at radius 2 is 2.37 bits per heavy atom. The fourth-order valence-electron chi connectivity index (χ4n) is 1.49. The predicted octanol–water partition coefficient (Wildman–Crippen LogP) is 2.73. The number of rotatable bonds is 8. The molecule has 1 heterocycles. The highest BCUT2D eigenvalue weighted by Gasteiger charge is 2.16. The highest BCUT2D eigenvalue weighted by Crippen LogP contribution is 2.15. The molecule has 106 valence electrons. The second-order valence-electron chi connectivity index (χ2n) is 5.12. The summed E-state index contributed by atoms with van der Waals surface area (Å²) in [4.78, 5) is 15.2. The van der Waals surface area contributed by atoms with Crippen molar-refractivity contribution in [2.45, 2.75) is 25.9 Å². The van der Waals surface area contributed by atoms with Gasteiger partial charge in [-0.05, 0) is 25.3 Å². The van der Waals surface area contributed by atoms with Crippen LogP contribution in [0.4, 0.5) is 0 Å².